The fourth-order valence-corrected chi connectivity index (χ4v) is 3.67. The summed E-state index contributed by atoms with van der Waals surface area (Å²) >= 11 is 0. The minimum atomic E-state index is -0.155. The number of guanidine groups is 1. The Balaban J connectivity index is 1.89. The molecule has 3 unspecified atom stereocenters. The maximum atomic E-state index is 9.97. The van der Waals surface area contributed by atoms with Crippen molar-refractivity contribution < 1.29 is 9.84 Å². The molecule has 2 fully saturated rings. The van der Waals surface area contributed by atoms with E-state index in [0.717, 1.165) is 71.2 Å². The number of aliphatic hydroxyl groups is 1. The van der Waals surface area contributed by atoms with E-state index in [0.29, 0.717) is 17.9 Å². The second-order valence-corrected chi connectivity index (χ2v) is 7.32. The van der Waals surface area contributed by atoms with Crippen molar-refractivity contribution in [1.29, 1.82) is 0 Å². The van der Waals surface area contributed by atoms with Crippen molar-refractivity contribution in [3.05, 3.63) is 0 Å². The van der Waals surface area contributed by atoms with E-state index in [4.69, 9.17) is 9.73 Å². The molecule has 1 heterocycles. The Morgan fingerprint density at radius 2 is 2.00 bits per heavy atom. The van der Waals surface area contributed by atoms with E-state index >= 15 is 0 Å². The first kappa shape index (κ1) is 19.5. The van der Waals surface area contributed by atoms with Crippen LogP contribution in [0.25, 0.3) is 0 Å². The SMILES string of the molecule is CCNC(=NCC(C(C)C)N1CCOCC1)NCC1CCCC1O. The third-order valence-corrected chi connectivity index (χ3v) is 5.22. The largest absolute Gasteiger partial charge is 0.393 e. The number of hydrogen-bond donors (Lipinski definition) is 3. The topological polar surface area (TPSA) is 69.1 Å². The fraction of sp³-hybridized carbons (Fsp3) is 0.944. The van der Waals surface area contributed by atoms with Crippen molar-refractivity contribution in [3.8, 4) is 0 Å². The molecule has 0 spiro atoms. The monoisotopic (exact) mass is 340 g/mol. The molecule has 1 saturated heterocycles. The molecule has 1 aliphatic heterocycles. The average molecular weight is 341 g/mol. The van der Waals surface area contributed by atoms with Crippen LogP contribution >= 0.6 is 0 Å². The van der Waals surface area contributed by atoms with E-state index < -0.39 is 0 Å². The molecule has 0 aromatic carbocycles. The summed E-state index contributed by atoms with van der Waals surface area (Å²) in [6, 6.07) is 0.446. The molecule has 2 aliphatic rings. The van der Waals surface area contributed by atoms with Gasteiger partial charge in [0.2, 0.25) is 0 Å². The fourth-order valence-electron chi connectivity index (χ4n) is 3.67. The molecule has 0 amide bonds. The van der Waals surface area contributed by atoms with E-state index in [1.165, 1.54) is 0 Å². The lowest BCUT2D eigenvalue weighted by Crippen LogP contribution is -2.48. The lowest BCUT2D eigenvalue weighted by molar-refractivity contribution is 0.00867. The first-order chi connectivity index (χ1) is 11.6. The molecule has 0 radical (unpaired) electrons. The quantitative estimate of drug-likeness (QED) is 0.478. The maximum Gasteiger partial charge on any atom is 0.191 e. The lowest BCUT2D eigenvalue weighted by Gasteiger charge is -2.36. The number of hydrogen-bond acceptors (Lipinski definition) is 4. The van der Waals surface area contributed by atoms with Crippen LogP contribution in [-0.4, -0.2) is 74.0 Å². The number of nitrogens with one attached hydrogen (secondary N) is 2. The van der Waals surface area contributed by atoms with E-state index in [1.54, 1.807) is 0 Å². The number of rotatable bonds is 7. The second-order valence-electron chi connectivity index (χ2n) is 7.32. The highest BCUT2D eigenvalue weighted by molar-refractivity contribution is 5.79. The molecular weight excluding hydrogens is 304 g/mol. The Morgan fingerprint density at radius 1 is 1.25 bits per heavy atom. The van der Waals surface area contributed by atoms with Crippen LogP contribution in [0.5, 0.6) is 0 Å². The van der Waals surface area contributed by atoms with Gasteiger partial charge in [-0.1, -0.05) is 20.3 Å². The summed E-state index contributed by atoms with van der Waals surface area (Å²) in [5, 5.41) is 16.7. The van der Waals surface area contributed by atoms with Gasteiger partial charge in [-0.05, 0) is 25.7 Å². The van der Waals surface area contributed by atoms with Gasteiger partial charge in [0.1, 0.15) is 0 Å². The van der Waals surface area contributed by atoms with Gasteiger partial charge in [0, 0.05) is 38.1 Å². The molecule has 140 valence electrons. The van der Waals surface area contributed by atoms with Gasteiger partial charge in [-0.2, -0.15) is 0 Å². The molecule has 24 heavy (non-hydrogen) atoms. The van der Waals surface area contributed by atoms with Crippen molar-refractivity contribution in [2.24, 2.45) is 16.8 Å². The van der Waals surface area contributed by atoms with Crippen molar-refractivity contribution in [2.75, 3.05) is 45.9 Å². The zero-order valence-electron chi connectivity index (χ0n) is 15.6. The van der Waals surface area contributed by atoms with E-state index in [-0.39, 0.29) is 6.10 Å². The van der Waals surface area contributed by atoms with Gasteiger partial charge in [0.15, 0.2) is 5.96 Å². The number of ether oxygens (including phenoxy) is 1. The van der Waals surface area contributed by atoms with Crippen LogP contribution in [0.3, 0.4) is 0 Å². The van der Waals surface area contributed by atoms with Gasteiger partial charge in [-0.3, -0.25) is 9.89 Å². The minimum absolute atomic E-state index is 0.155. The maximum absolute atomic E-state index is 9.97. The van der Waals surface area contributed by atoms with Gasteiger partial charge in [0.25, 0.3) is 0 Å². The van der Waals surface area contributed by atoms with E-state index in [1.807, 2.05) is 0 Å². The highest BCUT2D eigenvalue weighted by atomic mass is 16.5. The molecule has 2 rings (SSSR count). The minimum Gasteiger partial charge on any atom is -0.393 e. The number of aliphatic imine (C=N–C) groups is 1. The van der Waals surface area contributed by atoms with Crippen molar-refractivity contribution in [1.82, 2.24) is 15.5 Å². The molecule has 6 nitrogen and oxygen atoms in total. The summed E-state index contributed by atoms with van der Waals surface area (Å²) in [5.74, 6) is 1.79. The third kappa shape index (κ3) is 5.90. The highest BCUT2D eigenvalue weighted by Gasteiger charge is 2.26. The molecule has 1 aliphatic carbocycles. The third-order valence-electron chi connectivity index (χ3n) is 5.22. The summed E-state index contributed by atoms with van der Waals surface area (Å²) in [5.41, 5.74) is 0. The summed E-state index contributed by atoms with van der Waals surface area (Å²) < 4.78 is 5.47. The Morgan fingerprint density at radius 3 is 2.58 bits per heavy atom. The van der Waals surface area contributed by atoms with E-state index in [9.17, 15) is 5.11 Å². The van der Waals surface area contributed by atoms with Crippen LogP contribution in [0.4, 0.5) is 0 Å². The van der Waals surface area contributed by atoms with Gasteiger partial charge in [-0.25, -0.2) is 0 Å². The predicted octanol–water partition coefficient (Wildman–Crippen LogP) is 1.06. The van der Waals surface area contributed by atoms with Gasteiger partial charge < -0.3 is 20.5 Å². The van der Waals surface area contributed by atoms with Crippen LogP contribution in [0.2, 0.25) is 0 Å². The van der Waals surface area contributed by atoms with Crippen LogP contribution in [-0.2, 0) is 4.74 Å². The molecule has 0 aromatic rings. The average Bonchev–Trinajstić information content (AvgIpc) is 2.98. The normalized spacial score (nSPS) is 27.5. The molecule has 6 heteroatoms. The first-order valence-corrected chi connectivity index (χ1v) is 9.63. The lowest BCUT2D eigenvalue weighted by atomic mass is 10.0. The number of nitrogens with zero attached hydrogens (tertiary/aromatic N) is 2. The Kier molecular flexibility index (Phi) is 8.29. The summed E-state index contributed by atoms with van der Waals surface area (Å²) in [6.45, 7) is 12.7. The van der Waals surface area contributed by atoms with E-state index in [2.05, 4.69) is 36.3 Å². The van der Waals surface area contributed by atoms with Gasteiger partial charge in [0.05, 0.1) is 25.9 Å². The Hall–Kier alpha value is -0.850. The molecule has 3 N–H and O–H groups in total. The predicted molar refractivity (Wildman–Crippen MR) is 98.3 cm³/mol. The summed E-state index contributed by atoms with van der Waals surface area (Å²) in [4.78, 5) is 7.33. The van der Waals surface area contributed by atoms with Gasteiger partial charge >= 0.3 is 0 Å². The Bertz CT molecular complexity index is 383. The zero-order valence-corrected chi connectivity index (χ0v) is 15.6. The molecule has 0 aromatic heterocycles. The summed E-state index contributed by atoms with van der Waals surface area (Å²) in [6.07, 6.45) is 3.02. The van der Waals surface area contributed by atoms with Crippen LogP contribution in [0.1, 0.15) is 40.0 Å². The highest BCUT2D eigenvalue weighted by Crippen LogP contribution is 2.24. The Labute approximate surface area is 147 Å². The zero-order chi connectivity index (χ0) is 17.4. The standard InChI is InChI=1S/C18H36N4O2/c1-4-19-18(20-12-15-6-5-7-17(15)23)21-13-16(14(2)3)22-8-10-24-11-9-22/h14-17,23H,4-13H2,1-3H3,(H2,19,20,21). The summed E-state index contributed by atoms with van der Waals surface area (Å²) in [7, 11) is 0. The van der Waals surface area contributed by atoms with Crippen molar-refractivity contribution in [3.63, 3.8) is 0 Å². The first-order valence-electron chi connectivity index (χ1n) is 9.63. The molecule has 3 atom stereocenters. The van der Waals surface area contributed by atoms with Crippen molar-refractivity contribution in [2.45, 2.75) is 52.2 Å². The van der Waals surface area contributed by atoms with Crippen LogP contribution < -0.4 is 10.6 Å². The smallest absolute Gasteiger partial charge is 0.191 e. The van der Waals surface area contributed by atoms with Gasteiger partial charge in [-0.15, -0.1) is 0 Å². The molecule has 0 bridgehead atoms. The molecule has 1 saturated carbocycles. The van der Waals surface area contributed by atoms with Crippen molar-refractivity contribution >= 4 is 5.96 Å². The van der Waals surface area contributed by atoms with Crippen LogP contribution in [0, 0.1) is 11.8 Å². The number of morpholine rings is 1. The number of aliphatic hydroxyl groups excluding tert-OH is 1. The van der Waals surface area contributed by atoms with Crippen LogP contribution in [0.15, 0.2) is 4.99 Å². The second kappa shape index (κ2) is 10.2. The molecular formula is C18H36N4O2.